The molecule has 0 aliphatic carbocycles. The summed E-state index contributed by atoms with van der Waals surface area (Å²) in [4.78, 5) is 11.0. The Morgan fingerprint density at radius 1 is 1.00 bits per heavy atom. The lowest BCUT2D eigenvalue weighted by Crippen LogP contribution is -1.99. The minimum Gasteiger partial charge on any atom is -0.486 e. The highest BCUT2D eigenvalue weighted by Crippen LogP contribution is 2.36. The molecule has 7 heteroatoms. The molecule has 0 atom stereocenters. The van der Waals surface area contributed by atoms with Crippen LogP contribution < -0.4 is 4.74 Å². The van der Waals surface area contributed by atoms with Crippen molar-refractivity contribution >= 4 is 40.8 Å². The number of nitrogens with zero attached hydrogens (tertiary/aromatic N) is 2. The lowest BCUT2D eigenvalue weighted by Gasteiger charge is -2.12. The number of nitriles is 2. The van der Waals surface area contributed by atoms with Gasteiger partial charge in [0.2, 0.25) is 0 Å². The SMILES string of the molecule is N#CC(=Cc1cc(Cl)c(OCc2ccccc2C#N)c(Cl)c1)c1ccc(C(=O)O)cc1. The number of hydrogen-bond donors (Lipinski definition) is 1. The third-order valence-electron chi connectivity index (χ3n) is 4.40. The van der Waals surface area contributed by atoms with Crippen molar-refractivity contribution in [1.82, 2.24) is 0 Å². The highest BCUT2D eigenvalue weighted by Gasteiger charge is 2.12. The molecule has 152 valence electrons. The molecule has 31 heavy (non-hydrogen) atoms. The van der Waals surface area contributed by atoms with Gasteiger partial charge in [-0.3, -0.25) is 0 Å². The Hall–Kier alpha value is -3.77. The average Bonchev–Trinajstić information content (AvgIpc) is 2.77. The lowest BCUT2D eigenvalue weighted by molar-refractivity contribution is 0.0697. The van der Waals surface area contributed by atoms with Gasteiger partial charge in [-0.25, -0.2) is 4.79 Å². The highest BCUT2D eigenvalue weighted by molar-refractivity contribution is 6.37. The van der Waals surface area contributed by atoms with Gasteiger partial charge in [0, 0.05) is 5.56 Å². The van der Waals surface area contributed by atoms with Crippen LogP contribution in [-0.4, -0.2) is 11.1 Å². The van der Waals surface area contributed by atoms with Crippen molar-refractivity contribution in [3.63, 3.8) is 0 Å². The number of ether oxygens (including phenoxy) is 1. The van der Waals surface area contributed by atoms with E-state index in [9.17, 15) is 15.3 Å². The Morgan fingerprint density at radius 2 is 1.61 bits per heavy atom. The van der Waals surface area contributed by atoms with Gasteiger partial charge in [-0.15, -0.1) is 0 Å². The summed E-state index contributed by atoms with van der Waals surface area (Å²) in [6.07, 6.45) is 1.60. The lowest BCUT2D eigenvalue weighted by atomic mass is 10.0. The van der Waals surface area contributed by atoms with Crippen molar-refractivity contribution in [3.05, 3.63) is 98.5 Å². The van der Waals surface area contributed by atoms with E-state index in [2.05, 4.69) is 12.1 Å². The van der Waals surface area contributed by atoms with Gasteiger partial charge >= 0.3 is 5.97 Å². The summed E-state index contributed by atoms with van der Waals surface area (Å²) >= 11 is 12.7. The molecule has 0 aliphatic heterocycles. The van der Waals surface area contributed by atoms with Gasteiger partial charge in [0.1, 0.15) is 6.61 Å². The maximum absolute atomic E-state index is 11.0. The molecular weight excluding hydrogens is 435 g/mol. The predicted molar refractivity (Wildman–Crippen MR) is 119 cm³/mol. The van der Waals surface area contributed by atoms with Gasteiger partial charge in [-0.2, -0.15) is 10.5 Å². The first kappa shape index (κ1) is 21.9. The number of carboxylic acids is 1. The fourth-order valence-corrected chi connectivity index (χ4v) is 3.46. The van der Waals surface area contributed by atoms with Crippen molar-refractivity contribution in [3.8, 4) is 17.9 Å². The second-order valence-corrected chi connectivity index (χ2v) is 7.24. The molecule has 0 radical (unpaired) electrons. The van der Waals surface area contributed by atoms with Crippen LogP contribution in [0.2, 0.25) is 10.0 Å². The van der Waals surface area contributed by atoms with Gasteiger partial charge in [-0.1, -0.05) is 53.5 Å². The number of aromatic carboxylic acids is 1. The second kappa shape index (κ2) is 9.82. The Morgan fingerprint density at radius 3 is 2.19 bits per heavy atom. The molecular formula is C24H14Cl2N2O3. The molecule has 3 aromatic carbocycles. The van der Waals surface area contributed by atoms with Gasteiger partial charge in [0.15, 0.2) is 5.75 Å². The number of halogens is 2. The number of carboxylic acid groups (broad SMARTS) is 1. The number of rotatable bonds is 6. The van der Waals surface area contributed by atoms with Crippen LogP contribution in [0.4, 0.5) is 0 Å². The summed E-state index contributed by atoms with van der Waals surface area (Å²) in [6.45, 7) is 0.123. The fraction of sp³-hybridized carbons (Fsp3) is 0.0417. The quantitative estimate of drug-likeness (QED) is 0.357. The monoisotopic (exact) mass is 448 g/mol. The van der Waals surface area contributed by atoms with E-state index >= 15 is 0 Å². The zero-order valence-electron chi connectivity index (χ0n) is 16.0. The van der Waals surface area contributed by atoms with E-state index in [1.54, 1.807) is 48.5 Å². The Bertz CT molecular complexity index is 1230. The van der Waals surface area contributed by atoms with Gasteiger partial charge in [0.25, 0.3) is 0 Å². The van der Waals surface area contributed by atoms with Crippen LogP contribution in [0.1, 0.15) is 32.6 Å². The molecule has 5 nitrogen and oxygen atoms in total. The van der Waals surface area contributed by atoms with Crippen molar-refractivity contribution < 1.29 is 14.6 Å². The van der Waals surface area contributed by atoms with E-state index in [1.165, 1.54) is 12.1 Å². The standard InChI is InChI=1S/C24H14Cl2N2O3/c25-21-10-15(9-20(13-28)16-5-7-17(8-6-16)24(29)30)11-22(26)23(21)31-14-19-4-2-1-3-18(19)12-27/h1-11H,14H2,(H,29,30). The van der Waals surface area contributed by atoms with E-state index in [4.69, 9.17) is 33.0 Å². The molecule has 3 aromatic rings. The topological polar surface area (TPSA) is 94.1 Å². The molecule has 0 amide bonds. The first-order valence-electron chi connectivity index (χ1n) is 8.98. The zero-order valence-corrected chi connectivity index (χ0v) is 17.5. The van der Waals surface area contributed by atoms with Crippen molar-refractivity contribution in [2.75, 3.05) is 0 Å². The van der Waals surface area contributed by atoms with Crippen LogP contribution in [0.25, 0.3) is 11.6 Å². The van der Waals surface area contributed by atoms with Gasteiger partial charge in [0.05, 0.1) is 38.9 Å². The molecule has 0 saturated heterocycles. The highest BCUT2D eigenvalue weighted by atomic mass is 35.5. The Labute approximate surface area is 189 Å². The first-order chi connectivity index (χ1) is 14.9. The van der Waals surface area contributed by atoms with E-state index in [1.807, 2.05) is 6.07 Å². The molecule has 0 heterocycles. The molecule has 0 aliphatic rings. The minimum atomic E-state index is -1.04. The molecule has 0 unspecified atom stereocenters. The summed E-state index contributed by atoms with van der Waals surface area (Å²) in [6, 6.07) is 20.5. The van der Waals surface area contributed by atoms with E-state index < -0.39 is 5.97 Å². The van der Waals surface area contributed by atoms with Crippen molar-refractivity contribution in [2.24, 2.45) is 0 Å². The fourth-order valence-electron chi connectivity index (χ4n) is 2.85. The molecule has 1 N–H and O–H groups in total. The van der Waals surface area contributed by atoms with Crippen LogP contribution in [0.5, 0.6) is 5.75 Å². The first-order valence-corrected chi connectivity index (χ1v) is 9.74. The number of carbonyl (C=O) groups is 1. The molecule has 0 fully saturated rings. The maximum Gasteiger partial charge on any atom is 0.335 e. The van der Waals surface area contributed by atoms with Crippen LogP contribution in [-0.2, 0) is 6.61 Å². The summed E-state index contributed by atoms with van der Waals surface area (Å²) in [5, 5.41) is 28.2. The van der Waals surface area contributed by atoms with Crippen LogP contribution in [0, 0.1) is 22.7 Å². The number of benzene rings is 3. The number of allylic oxidation sites excluding steroid dienone is 1. The van der Waals surface area contributed by atoms with Crippen LogP contribution in [0.15, 0.2) is 60.7 Å². The van der Waals surface area contributed by atoms with E-state index in [-0.39, 0.29) is 28.0 Å². The third kappa shape index (κ3) is 5.24. The third-order valence-corrected chi connectivity index (χ3v) is 4.97. The molecule has 0 aromatic heterocycles. The summed E-state index contributed by atoms with van der Waals surface area (Å²) in [7, 11) is 0. The minimum absolute atomic E-state index is 0.123. The van der Waals surface area contributed by atoms with E-state index in [0.717, 1.165) is 0 Å². The maximum atomic E-state index is 11.0. The normalized spacial score (nSPS) is 10.8. The van der Waals surface area contributed by atoms with Crippen LogP contribution >= 0.6 is 23.2 Å². The van der Waals surface area contributed by atoms with Crippen molar-refractivity contribution in [1.29, 1.82) is 10.5 Å². The molecule has 0 bridgehead atoms. The largest absolute Gasteiger partial charge is 0.486 e. The number of hydrogen-bond acceptors (Lipinski definition) is 4. The van der Waals surface area contributed by atoms with Crippen molar-refractivity contribution in [2.45, 2.75) is 6.61 Å². The Kier molecular flexibility index (Phi) is 6.95. The summed E-state index contributed by atoms with van der Waals surface area (Å²) in [5.41, 5.74) is 2.80. The second-order valence-electron chi connectivity index (χ2n) is 6.42. The summed E-state index contributed by atoms with van der Waals surface area (Å²) < 4.78 is 5.75. The molecule has 0 spiro atoms. The van der Waals surface area contributed by atoms with E-state index in [0.29, 0.717) is 27.8 Å². The predicted octanol–water partition coefficient (Wildman–Crippen LogP) is 6.21. The van der Waals surface area contributed by atoms with Crippen LogP contribution in [0.3, 0.4) is 0 Å². The molecule has 0 saturated carbocycles. The van der Waals surface area contributed by atoms with Gasteiger partial charge in [-0.05, 0) is 47.5 Å². The Balaban J connectivity index is 1.86. The summed E-state index contributed by atoms with van der Waals surface area (Å²) in [5.74, 6) is -0.766. The smallest absolute Gasteiger partial charge is 0.335 e. The molecule has 3 rings (SSSR count). The van der Waals surface area contributed by atoms with Gasteiger partial charge < -0.3 is 9.84 Å². The average molecular weight is 449 g/mol. The zero-order chi connectivity index (χ0) is 22.4.